The number of carbonyl (C=O) groups is 1. The van der Waals surface area contributed by atoms with Gasteiger partial charge in [-0.05, 0) is 19.1 Å². The van der Waals surface area contributed by atoms with Crippen molar-refractivity contribution in [3.63, 3.8) is 0 Å². The normalized spacial score (nSPS) is 23.4. The van der Waals surface area contributed by atoms with E-state index >= 15 is 0 Å². The zero-order chi connectivity index (χ0) is 14.0. The lowest BCUT2D eigenvalue weighted by Crippen LogP contribution is -2.28. The number of alkyl halides is 1. The third-order valence-electron chi connectivity index (χ3n) is 3.42. The molecule has 1 aromatic carbocycles. The minimum atomic E-state index is -3.46. The molecule has 104 valence electrons. The van der Waals surface area contributed by atoms with Crippen LogP contribution in [0.4, 0.5) is 0 Å². The monoisotopic (exact) mass is 301 g/mol. The van der Waals surface area contributed by atoms with Crippen molar-refractivity contribution in [2.24, 2.45) is 11.8 Å². The van der Waals surface area contributed by atoms with E-state index in [1.807, 2.05) is 6.92 Å². The van der Waals surface area contributed by atoms with Crippen LogP contribution in [0, 0.1) is 18.8 Å². The highest BCUT2D eigenvalue weighted by molar-refractivity contribution is 7.91. The van der Waals surface area contributed by atoms with E-state index < -0.39 is 15.8 Å². The van der Waals surface area contributed by atoms with Crippen molar-refractivity contribution >= 4 is 27.3 Å². The van der Waals surface area contributed by atoms with E-state index in [-0.39, 0.29) is 28.4 Å². The minimum Gasteiger partial charge on any atom is -0.355 e. The molecule has 1 aliphatic rings. The van der Waals surface area contributed by atoms with E-state index in [4.69, 9.17) is 11.6 Å². The molecule has 0 bridgehead atoms. The number of rotatable bonds is 4. The Bertz CT molecular complexity index is 568. The van der Waals surface area contributed by atoms with Crippen molar-refractivity contribution in [2.75, 3.05) is 18.2 Å². The lowest BCUT2D eigenvalue weighted by Gasteiger charge is -2.14. The summed E-state index contributed by atoms with van der Waals surface area (Å²) in [4.78, 5) is 11.9. The van der Waals surface area contributed by atoms with Gasteiger partial charge in [-0.3, -0.25) is 4.79 Å². The van der Waals surface area contributed by atoms with E-state index in [9.17, 15) is 13.2 Å². The number of halogens is 1. The van der Waals surface area contributed by atoms with Crippen LogP contribution in [0.5, 0.6) is 0 Å². The van der Waals surface area contributed by atoms with Gasteiger partial charge >= 0.3 is 0 Å². The van der Waals surface area contributed by atoms with Gasteiger partial charge in [-0.25, -0.2) is 8.42 Å². The molecule has 1 aromatic rings. The maximum Gasteiger partial charge on any atom is 0.224 e. The van der Waals surface area contributed by atoms with Crippen LogP contribution in [0.3, 0.4) is 0 Å². The van der Waals surface area contributed by atoms with E-state index in [2.05, 4.69) is 5.32 Å². The largest absolute Gasteiger partial charge is 0.355 e. The SMILES string of the molecule is Cc1ccc(S(=O)(=O)C[C@H]2C(=O)NC[C@@H]2CCl)cc1. The Labute approximate surface area is 118 Å². The Kier molecular flexibility index (Phi) is 4.16. The van der Waals surface area contributed by atoms with Crippen LogP contribution >= 0.6 is 11.6 Å². The van der Waals surface area contributed by atoms with E-state index in [1.165, 1.54) is 0 Å². The molecule has 2 atom stereocenters. The first kappa shape index (κ1) is 14.3. The molecule has 1 fully saturated rings. The molecule has 1 heterocycles. The first-order valence-electron chi connectivity index (χ1n) is 6.07. The third kappa shape index (κ3) is 3.09. The number of aryl methyl sites for hydroxylation is 1. The number of carbonyl (C=O) groups excluding carboxylic acids is 1. The number of hydrogen-bond acceptors (Lipinski definition) is 3. The fourth-order valence-electron chi connectivity index (χ4n) is 2.17. The fourth-order valence-corrected chi connectivity index (χ4v) is 4.13. The predicted octanol–water partition coefficient (Wildman–Crippen LogP) is 1.37. The molecular formula is C13H16ClNO3S. The Hall–Kier alpha value is -1.07. The summed E-state index contributed by atoms with van der Waals surface area (Å²) in [5.74, 6) is -0.786. The van der Waals surface area contributed by atoms with Crippen molar-refractivity contribution in [1.29, 1.82) is 0 Å². The van der Waals surface area contributed by atoms with Crippen molar-refractivity contribution in [2.45, 2.75) is 11.8 Å². The fraction of sp³-hybridized carbons (Fsp3) is 0.462. The molecule has 0 saturated carbocycles. The summed E-state index contributed by atoms with van der Waals surface area (Å²) in [5, 5.41) is 2.67. The van der Waals surface area contributed by atoms with Crippen LogP contribution in [0.1, 0.15) is 5.56 Å². The molecule has 4 nitrogen and oxygen atoms in total. The lowest BCUT2D eigenvalue weighted by molar-refractivity contribution is -0.122. The molecule has 0 radical (unpaired) electrons. The molecule has 0 spiro atoms. The highest BCUT2D eigenvalue weighted by atomic mass is 35.5. The number of benzene rings is 1. The molecule has 2 rings (SSSR count). The van der Waals surface area contributed by atoms with Crippen molar-refractivity contribution in [3.8, 4) is 0 Å². The highest BCUT2D eigenvalue weighted by Gasteiger charge is 2.37. The van der Waals surface area contributed by atoms with Crippen LogP contribution < -0.4 is 5.32 Å². The Morgan fingerprint density at radius 3 is 2.53 bits per heavy atom. The van der Waals surface area contributed by atoms with Gasteiger partial charge in [0.2, 0.25) is 5.91 Å². The highest BCUT2D eigenvalue weighted by Crippen LogP contribution is 2.24. The van der Waals surface area contributed by atoms with Crippen molar-refractivity contribution in [3.05, 3.63) is 29.8 Å². The molecule has 1 N–H and O–H groups in total. The minimum absolute atomic E-state index is 0.116. The second-order valence-corrected chi connectivity index (χ2v) is 7.20. The van der Waals surface area contributed by atoms with Crippen LogP contribution in [-0.2, 0) is 14.6 Å². The molecule has 1 aliphatic heterocycles. The molecule has 6 heteroatoms. The van der Waals surface area contributed by atoms with E-state index in [0.29, 0.717) is 6.54 Å². The maximum absolute atomic E-state index is 12.3. The molecule has 1 saturated heterocycles. The van der Waals surface area contributed by atoms with Gasteiger partial charge in [-0.15, -0.1) is 11.6 Å². The van der Waals surface area contributed by atoms with Crippen LogP contribution in [0.15, 0.2) is 29.2 Å². The number of hydrogen-bond donors (Lipinski definition) is 1. The van der Waals surface area contributed by atoms with Gasteiger partial charge in [0.25, 0.3) is 0 Å². The topological polar surface area (TPSA) is 63.2 Å². The quantitative estimate of drug-likeness (QED) is 0.854. The standard InChI is InChI=1S/C13H16ClNO3S/c1-9-2-4-11(5-3-9)19(17,18)8-12-10(6-14)7-15-13(12)16/h2-5,10,12H,6-8H2,1H3,(H,15,16)/t10-,12+/m0/s1. The zero-order valence-electron chi connectivity index (χ0n) is 10.6. The summed E-state index contributed by atoms with van der Waals surface area (Å²) in [6.45, 7) is 2.35. The lowest BCUT2D eigenvalue weighted by atomic mass is 10.00. The zero-order valence-corrected chi connectivity index (χ0v) is 12.2. The van der Waals surface area contributed by atoms with E-state index in [1.54, 1.807) is 24.3 Å². The maximum atomic E-state index is 12.3. The average Bonchev–Trinajstić information content (AvgIpc) is 2.70. The Morgan fingerprint density at radius 1 is 1.32 bits per heavy atom. The summed E-state index contributed by atoms with van der Waals surface area (Å²) in [6, 6.07) is 6.65. The summed E-state index contributed by atoms with van der Waals surface area (Å²) >= 11 is 5.78. The third-order valence-corrected chi connectivity index (χ3v) is 5.61. The molecule has 0 aliphatic carbocycles. The summed E-state index contributed by atoms with van der Waals surface area (Å²) in [5.41, 5.74) is 0.996. The molecule has 19 heavy (non-hydrogen) atoms. The molecule has 1 amide bonds. The summed E-state index contributed by atoms with van der Waals surface area (Å²) in [6.07, 6.45) is 0. The van der Waals surface area contributed by atoms with Gasteiger partial charge < -0.3 is 5.32 Å². The second-order valence-electron chi connectivity index (χ2n) is 4.86. The van der Waals surface area contributed by atoms with E-state index in [0.717, 1.165) is 5.56 Å². The smallest absolute Gasteiger partial charge is 0.224 e. The molecular weight excluding hydrogens is 286 g/mol. The van der Waals surface area contributed by atoms with Gasteiger partial charge in [0, 0.05) is 18.3 Å². The van der Waals surface area contributed by atoms with Crippen molar-refractivity contribution in [1.82, 2.24) is 5.32 Å². The second kappa shape index (κ2) is 5.51. The van der Waals surface area contributed by atoms with Crippen LogP contribution in [-0.4, -0.2) is 32.5 Å². The van der Waals surface area contributed by atoms with Crippen LogP contribution in [0.2, 0.25) is 0 Å². The first-order valence-corrected chi connectivity index (χ1v) is 8.26. The van der Waals surface area contributed by atoms with Crippen LogP contribution in [0.25, 0.3) is 0 Å². The Balaban J connectivity index is 2.21. The molecule has 0 unspecified atom stereocenters. The predicted molar refractivity (Wildman–Crippen MR) is 73.9 cm³/mol. The van der Waals surface area contributed by atoms with Gasteiger partial charge in [-0.2, -0.15) is 0 Å². The van der Waals surface area contributed by atoms with Gasteiger partial charge in [-0.1, -0.05) is 17.7 Å². The Morgan fingerprint density at radius 2 is 1.95 bits per heavy atom. The summed E-state index contributed by atoms with van der Waals surface area (Å²) < 4.78 is 24.6. The average molecular weight is 302 g/mol. The van der Waals surface area contributed by atoms with Gasteiger partial charge in [0.15, 0.2) is 9.84 Å². The number of amides is 1. The first-order chi connectivity index (χ1) is 8.94. The van der Waals surface area contributed by atoms with Gasteiger partial charge in [0.1, 0.15) is 0 Å². The number of sulfone groups is 1. The van der Waals surface area contributed by atoms with Gasteiger partial charge in [0.05, 0.1) is 16.6 Å². The van der Waals surface area contributed by atoms with Crippen molar-refractivity contribution < 1.29 is 13.2 Å². The molecule has 0 aromatic heterocycles. The summed E-state index contributed by atoms with van der Waals surface area (Å²) in [7, 11) is -3.46. The number of nitrogens with one attached hydrogen (secondary N) is 1.